The number of fused-ring (bicyclic) bond motifs is 2. The van der Waals surface area contributed by atoms with Crippen LogP contribution in [0.25, 0.3) is 11.0 Å². The molecule has 4 heterocycles. The van der Waals surface area contributed by atoms with Crippen LogP contribution in [0.3, 0.4) is 0 Å². The van der Waals surface area contributed by atoms with E-state index in [2.05, 4.69) is 15.3 Å². The van der Waals surface area contributed by atoms with E-state index in [1.165, 1.54) is 4.57 Å². The van der Waals surface area contributed by atoms with Gasteiger partial charge in [0.1, 0.15) is 30.5 Å². The van der Waals surface area contributed by atoms with Gasteiger partial charge in [-0.2, -0.15) is 4.98 Å². The summed E-state index contributed by atoms with van der Waals surface area (Å²) in [7, 11) is 0. The summed E-state index contributed by atoms with van der Waals surface area (Å²) in [5.41, 5.74) is 6.07. The van der Waals surface area contributed by atoms with Crippen LogP contribution in [0, 0.1) is 0 Å². The number of ether oxygens (including phenoxy) is 2. The van der Waals surface area contributed by atoms with Gasteiger partial charge in [-0.15, -0.1) is 0 Å². The Morgan fingerprint density at radius 1 is 1.28 bits per heavy atom. The largest absolute Gasteiger partial charge is 0.394 e. The molecule has 158 valence electrons. The van der Waals surface area contributed by atoms with Gasteiger partial charge in [-0.1, -0.05) is 0 Å². The van der Waals surface area contributed by atoms with E-state index in [1.807, 2.05) is 0 Å². The Kier molecular flexibility index (Phi) is 4.40. The summed E-state index contributed by atoms with van der Waals surface area (Å²) in [4.78, 5) is 19.2. The smallest absolute Gasteiger partial charge is 0.262 e. The van der Waals surface area contributed by atoms with Crippen molar-refractivity contribution in [1.29, 1.82) is 0 Å². The molecular weight excluding hydrogens is 386 g/mol. The van der Waals surface area contributed by atoms with Gasteiger partial charge in [0.05, 0.1) is 24.1 Å². The van der Waals surface area contributed by atoms with Gasteiger partial charge >= 0.3 is 0 Å². The number of aromatic nitrogens is 3. The summed E-state index contributed by atoms with van der Waals surface area (Å²) in [5.74, 6) is -0.0730. The third kappa shape index (κ3) is 2.95. The van der Waals surface area contributed by atoms with E-state index < -0.39 is 42.2 Å². The predicted octanol–water partition coefficient (Wildman–Crippen LogP) is -3.09. The van der Waals surface area contributed by atoms with E-state index in [0.717, 1.165) is 0 Å². The summed E-state index contributed by atoms with van der Waals surface area (Å²) < 4.78 is 12.6. The van der Waals surface area contributed by atoms with Gasteiger partial charge in [-0.3, -0.25) is 9.78 Å². The highest BCUT2D eigenvalue weighted by molar-refractivity contribution is 5.80. The maximum absolute atomic E-state index is 12.6. The molecule has 2 saturated heterocycles. The van der Waals surface area contributed by atoms with Crippen molar-refractivity contribution in [3.05, 3.63) is 22.1 Å². The molecule has 0 bridgehead atoms. The fraction of sp³-hybridized carbons (Fsp3) is 0.647. The summed E-state index contributed by atoms with van der Waals surface area (Å²) in [6, 6.07) is -0.471. The number of hydrogen-bond donors (Lipinski definition) is 7. The van der Waals surface area contributed by atoms with Crippen LogP contribution in [0.2, 0.25) is 0 Å². The van der Waals surface area contributed by atoms with Crippen LogP contribution in [-0.2, 0) is 16.0 Å². The first-order chi connectivity index (χ1) is 13.9. The highest BCUT2D eigenvalue weighted by Gasteiger charge is 2.61. The van der Waals surface area contributed by atoms with Crippen LogP contribution in [0.15, 0.2) is 11.0 Å². The zero-order valence-electron chi connectivity index (χ0n) is 15.3. The lowest BCUT2D eigenvalue weighted by atomic mass is 10.1. The van der Waals surface area contributed by atoms with E-state index in [1.54, 1.807) is 6.20 Å². The zero-order chi connectivity index (χ0) is 20.4. The maximum atomic E-state index is 12.6. The van der Waals surface area contributed by atoms with E-state index >= 15 is 0 Å². The van der Waals surface area contributed by atoms with Gasteiger partial charge in [-0.25, -0.2) is 0 Å². The minimum absolute atomic E-state index is 0.0730. The highest BCUT2D eigenvalue weighted by Crippen LogP contribution is 2.39. The number of aliphatic hydroxyl groups is 4. The summed E-state index contributed by atoms with van der Waals surface area (Å²) in [6.07, 6.45) is -2.91. The van der Waals surface area contributed by atoms with Gasteiger partial charge in [0.25, 0.3) is 5.56 Å². The molecule has 12 heteroatoms. The van der Waals surface area contributed by atoms with Crippen LogP contribution in [0.4, 0.5) is 5.95 Å². The molecule has 2 aromatic rings. The first-order valence-corrected chi connectivity index (χ1v) is 9.47. The molecule has 0 aromatic carbocycles. The van der Waals surface area contributed by atoms with Crippen molar-refractivity contribution in [2.24, 2.45) is 0 Å². The highest BCUT2D eigenvalue weighted by atomic mass is 16.6. The minimum Gasteiger partial charge on any atom is -0.394 e. The van der Waals surface area contributed by atoms with E-state index in [9.17, 15) is 25.2 Å². The van der Waals surface area contributed by atoms with Crippen molar-refractivity contribution in [2.45, 2.75) is 61.9 Å². The Hall–Kier alpha value is -2.06. The topological polar surface area (TPSA) is 191 Å². The van der Waals surface area contributed by atoms with Gasteiger partial charge < -0.3 is 45.5 Å². The molecule has 2 aliphatic heterocycles. The lowest BCUT2D eigenvalue weighted by molar-refractivity contribution is -0.0484. The fourth-order valence-electron chi connectivity index (χ4n) is 4.44. The van der Waals surface area contributed by atoms with Crippen LogP contribution in [0.5, 0.6) is 0 Å². The average Bonchev–Trinajstić information content (AvgIpc) is 3.16. The normalized spacial score (nSPS) is 38.6. The Bertz CT molecular complexity index is 992. The summed E-state index contributed by atoms with van der Waals surface area (Å²) >= 11 is 0. The number of H-pyrrole nitrogens is 1. The molecule has 29 heavy (non-hydrogen) atoms. The van der Waals surface area contributed by atoms with Gasteiger partial charge in [0, 0.05) is 19.2 Å². The van der Waals surface area contributed by atoms with Crippen LogP contribution in [0.1, 0.15) is 18.2 Å². The van der Waals surface area contributed by atoms with Crippen LogP contribution >= 0.6 is 0 Å². The van der Waals surface area contributed by atoms with Crippen molar-refractivity contribution in [3.8, 4) is 0 Å². The molecule has 0 radical (unpaired) electrons. The van der Waals surface area contributed by atoms with Crippen LogP contribution < -0.4 is 16.6 Å². The quantitative estimate of drug-likeness (QED) is 0.249. The van der Waals surface area contributed by atoms with Gasteiger partial charge in [0.2, 0.25) is 5.95 Å². The Labute approximate surface area is 163 Å². The average molecular weight is 409 g/mol. The molecule has 0 spiro atoms. The maximum Gasteiger partial charge on any atom is 0.262 e. The number of rotatable bonds is 5. The van der Waals surface area contributed by atoms with Crippen molar-refractivity contribution in [1.82, 2.24) is 19.9 Å². The van der Waals surface area contributed by atoms with Crippen molar-refractivity contribution >= 4 is 17.0 Å². The first-order valence-electron chi connectivity index (χ1n) is 9.47. The number of anilines is 1. The molecule has 1 saturated carbocycles. The number of aliphatic hydroxyl groups excluding tert-OH is 4. The lowest BCUT2D eigenvalue weighted by Gasteiger charge is -2.20. The molecule has 0 amide bonds. The lowest BCUT2D eigenvalue weighted by Crippen LogP contribution is -2.44. The number of nitrogen functional groups attached to an aromatic ring is 1. The number of hydrogen-bond acceptors (Lipinski definition) is 10. The fourth-order valence-corrected chi connectivity index (χ4v) is 4.44. The molecular formula is C17H23N5O7. The standard InChI is InChI=1S/C17H23N5O7/c18-17-20-14-8(15(27)21-17)5(2-19-9-10(25)11(26)13-12(9)29-13)3-22(14)16-7(24)1-6(4-23)28-16/h3,6-7,9-13,16,19,23-26H,1-2,4H2,(H3,18,20,21,27)/t6-,7-,9?,10?,11?,12?,13?,16+/m0/s1. The molecule has 5 rings (SSSR count). The van der Waals surface area contributed by atoms with Gasteiger partial charge in [0.15, 0.2) is 11.9 Å². The first kappa shape index (κ1) is 18.9. The van der Waals surface area contributed by atoms with Crippen molar-refractivity contribution in [2.75, 3.05) is 12.3 Å². The second-order valence-electron chi connectivity index (χ2n) is 7.80. The molecule has 12 nitrogen and oxygen atoms in total. The van der Waals surface area contributed by atoms with Gasteiger partial charge in [-0.05, 0) is 5.56 Å². The molecule has 8 atom stereocenters. The second kappa shape index (κ2) is 6.74. The van der Waals surface area contributed by atoms with E-state index in [4.69, 9.17) is 15.2 Å². The van der Waals surface area contributed by atoms with Crippen molar-refractivity contribution in [3.63, 3.8) is 0 Å². The molecule has 3 fully saturated rings. The zero-order valence-corrected chi connectivity index (χ0v) is 15.3. The summed E-state index contributed by atoms with van der Waals surface area (Å²) in [6.45, 7) is -0.0484. The van der Waals surface area contributed by atoms with E-state index in [-0.39, 0.29) is 48.8 Å². The predicted molar refractivity (Wildman–Crippen MR) is 97.7 cm³/mol. The van der Waals surface area contributed by atoms with Crippen molar-refractivity contribution < 1.29 is 29.9 Å². The Balaban J connectivity index is 1.48. The summed E-state index contributed by atoms with van der Waals surface area (Å²) in [5, 5.41) is 43.1. The number of nitrogens with two attached hydrogens (primary N) is 1. The van der Waals surface area contributed by atoms with E-state index in [0.29, 0.717) is 5.56 Å². The number of nitrogens with one attached hydrogen (secondary N) is 2. The molecule has 1 aliphatic carbocycles. The Morgan fingerprint density at radius 3 is 2.72 bits per heavy atom. The Morgan fingerprint density at radius 2 is 2.07 bits per heavy atom. The minimum atomic E-state index is -0.968. The monoisotopic (exact) mass is 409 g/mol. The van der Waals surface area contributed by atoms with Crippen LogP contribution in [-0.4, -0.2) is 84.2 Å². The number of aromatic amines is 1. The number of epoxide rings is 1. The molecule has 3 aliphatic rings. The third-order valence-electron chi connectivity index (χ3n) is 5.92. The molecule has 2 aromatic heterocycles. The molecule has 8 N–H and O–H groups in total. The second-order valence-corrected chi connectivity index (χ2v) is 7.80. The molecule has 5 unspecified atom stereocenters. The number of nitrogens with zero attached hydrogens (tertiary/aromatic N) is 2. The SMILES string of the molecule is Nc1nc2c(c(CNC3C(O)C(O)C4OC34)cn2[C@@H]2O[C@H](CO)C[C@@H]2O)c(=O)[nH]1. The third-order valence-corrected chi connectivity index (χ3v) is 5.92.